The summed E-state index contributed by atoms with van der Waals surface area (Å²) in [7, 11) is 0. The first-order chi connectivity index (χ1) is 18.3. The Kier molecular flexibility index (Phi) is 7.25. The lowest BCUT2D eigenvalue weighted by Gasteiger charge is -2.16. The second kappa shape index (κ2) is 10.8. The van der Waals surface area contributed by atoms with Gasteiger partial charge in [-0.3, -0.25) is 4.79 Å². The first kappa shape index (κ1) is 25.6. The molecule has 0 spiro atoms. The number of nitrogens with zero attached hydrogens (tertiary/aromatic N) is 5. The Bertz CT molecular complexity index is 1380. The van der Waals surface area contributed by atoms with Crippen molar-refractivity contribution in [2.45, 2.75) is 25.1 Å². The van der Waals surface area contributed by atoms with Gasteiger partial charge < -0.3 is 19.8 Å². The third-order valence-electron chi connectivity index (χ3n) is 6.35. The number of likely N-dealkylation sites (tertiary alicyclic amines) is 1. The van der Waals surface area contributed by atoms with Crippen molar-refractivity contribution in [3.63, 3.8) is 0 Å². The van der Waals surface area contributed by atoms with E-state index < -0.39 is 23.9 Å². The second-order valence-electron chi connectivity index (χ2n) is 8.94. The molecule has 1 aliphatic rings. The standard InChI is InChI=1S/C26H25F3N6O3/c27-26(28,29)22-20(16-31-35(22)19-6-2-1-3-7-19)25-32-23(33-38-25)18-10-8-17(9-11-18)21(36)24(37)30-12-15-34-13-4-5-14-34/h1-3,6-11,16,21,36H,4-5,12-15H2,(H,30,37)/t21-/m1/s1. The number of amides is 1. The Morgan fingerprint density at radius 2 is 1.79 bits per heavy atom. The molecule has 0 aliphatic carbocycles. The Morgan fingerprint density at radius 1 is 1.08 bits per heavy atom. The van der Waals surface area contributed by atoms with Gasteiger partial charge in [-0.2, -0.15) is 23.3 Å². The third kappa shape index (κ3) is 5.46. The summed E-state index contributed by atoms with van der Waals surface area (Å²) in [4.78, 5) is 18.7. The molecule has 2 aromatic heterocycles. The van der Waals surface area contributed by atoms with Gasteiger partial charge >= 0.3 is 6.18 Å². The van der Waals surface area contributed by atoms with Crippen LogP contribution in [0.4, 0.5) is 13.2 Å². The summed E-state index contributed by atoms with van der Waals surface area (Å²) in [6.45, 7) is 3.22. The minimum absolute atomic E-state index is 0.0525. The van der Waals surface area contributed by atoms with Gasteiger partial charge in [-0.25, -0.2) is 4.68 Å². The lowest BCUT2D eigenvalue weighted by Crippen LogP contribution is -2.36. The molecule has 2 N–H and O–H groups in total. The predicted molar refractivity (Wildman–Crippen MR) is 131 cm³/mol. The molecule has 1 saturated heterocycles. The van der Waals surface area contributed by atoms with Crippen LogP contribution in [-0.2, 0) is 11.0 Å². The number of hydrogen-bond acceptors (Lipinski definition) is 7. The largest absolute Gasteiger partial charge is 0.434 e. The van der Waals surface area contributed by atoms with Crippen molar-refractivity contribution < 1.29 is 27.6 Å². The van der Waals surface area contributed by atoms with Gasteiger partial charge in [-0.15, -0.1) is 0 Å². The van der Waals surface area contributed by atoms with Gasteiger partial charge in [0.2, 0.25) is 5.82 Å². The van der Waals surface area contributed by atoms with E-state index in [2.05, 4.69) is 25.5 Å². The maximum Gasteiger partial charge on any atom is 0.434 e. The topological polar surface area (TPSA) is 109 Å². The van der Waals surface area contributed by atoms with Crippen LogP contribution in [0.5, 0.6) is 0 Å². The number of hydrogen-bond donors (Lipinski definition) is 2. The third-order valence-corrected chi connectivity index (χ3v) is 6.35. The lowest BCUT2D eigenvalue weighted by atomic mass is 10.1. The molecule has 2 aromatic carbocycles. The molecule has 0 saturated carbocycles. The minimum Gasteiger partial charge on any atom is -0.378 e. The normalized spacial score (nSPS) is 15.1. The van der Waals surface area contributed by atoms with Crippen LogP contribution in [0.3, 0.4) is 0 Å². The quantitative estimate of drug-likeness (QED) is 0.359. The van der Waals surface area contributed by atoms with Gasteiger partial charge in [0.25, 0.3) is 11.8 Å². The van der Waals surface area contributed by atoms with Gasteiger partial charge in [-0.05, 0) is 43.6 Å². The van der Waals surface area contributed by atoms with Crippen LogP contribution < -0.4 is 5.32 Å². The van der Waals surface area contributed by atoms with E-state index in [0.717, 1.165) is 43.4 Å². The fourth-order valence-corrected chi connectivity index (χ4v) is 4.40. The minimum atomic E-state index is -4.73. The van der Waals surface area contributed by atoms with Crippen LogP contribution >= 0.6 is 0 Å². The highest BCUT2D eigenvalue weighted by atomic mass is 19.4. The van der Waals surface area contributed by atoms with Crippen LogP contribution in [0.1, 0.15) is 30.2 Å². The number of nitrogens with one attached hydrogen (secondary N) is 1. The number of benzene rings is 2. The van der Waals surface area contributed by atoms with Crippen LogP contribution in [0.25, 0.3) is 28.5 Å². The molecule has 38 heavy (non-hydrogen) atoms. The molecule has 1 atom stereocenters. The molecule has 12 heteroatoms. The number of aliphatic hydroxyl groups excluding tert-OH is 1. The van der Waals surface area contributed by atoms with E-state index in [-0.39, 0.29) is 23.0 Å². The Balaban J connectivity index is 1.30. The molecule has 1 aliphatic heterocycles. The average molecular weight is 527 g/mol. The van der Waals surface area contributed by atoms with E-state index in [1.165, 1.54) is 24.3 Å². The summed E-state index contributed by atoms with van der Waals surface area (Å²) in [6, 6.07) is 14.1. The van der Waals surface area contributed by atoms with Crippen molar-refractivity contribution in [2.75, 3.05) is 26.2 Å². The zero-order valence-electron chi connectivity index (χ0n) is 20.2. The molecule has 0 radical (unpaired) electrons. The number of para-hydroxylation sites is 1. The molecular weight excluding hydrogens is 501 g/mol. The lowest BCUT2D eigenvalue weighted by molar-refractivity contribution is -0.142. The number of rotatable bonds is 8. The summed E-state index contributed by atoms with van der Waals surface area (Å²) in [5, 5.41) is 20.9. The zero-order valence-corrected chi connectivity index (χ0v) is 20.2. The average Bonchev–Trinajstić information content (AvgIpc) is 3.69. The Labute approximate surface area is 215 Å². The van der Waals surface area contributed by atoms with E-state index >= 15 is 0 Å². The second-order valence-corrected chi connectivity index (χ2v) is 8.94. The predicted octanol–water partition coefficient (Wildman–Crippen LogP) is 3.85. The number of aliphatic hydroxyl groups is 1. The van der Waals surface area contributed by atoms with Crippen molar-refractivity contribution in [3.8, 4) is 28.5 Å². The first-order valence-electron chi connectivity index (χ1n) is 12.1. The zero-order chi connectivity index (χ0) is 26.7. The highest BCUT2D eigenvalue weighted by molar-refractivity contribution is 5.82. The SMILES string of the molecule is O=C(NCCN1CCCC1)[C@H](O)c1ccc(-c2noc(-c3cnn(-c4ccccc4)c3C(F)(F)F)n2)cc1. The number of carbonyl (C=O) groups is 1. The molecule has 9 nitrogen and oxygen atoms in total. The number of alkyl halides is 3. The van der Waals surface area contributed by atoms with Crippen molar-refractivity contribution in [1.82, 2.24) is 30.1 Å². The van der Waals surface area contributed by atoms with Gasteiger partial charge in [-0.1, -0.05) is 47.6 Å². The summed E-state index contributed by atoms with van der Waals surface area (Å²) in [5.41, 5.74) is -0.347. The van der Waals surface area contributed by atoms with Crippen molar-refractivity contribution >= 4 is 5.91 Å². The van der Waals surface area contributed by atoms with Crippen molar-refractivity contribution in [3.05, 3.63) is 72.1 Å². The summed E-state index contributed by atoms with van der Waals surface area (Å²) in [5.74, 6) is -0.790. The summed E-state index contributed by atoms with van der Waals surface area (Å²) < 4.78 is 47.9. The van der Waals surface area contributed by atoms with Crippen LogP contribution in [0.15, 0.2) is 65.3 Å². The highest BCUT2D eigenvalue weighted by Gasteiger charge is 2.40. The summed E-state index contributed by atoms with van der Waals surface area (Å²) in [6.07, 6.45) is -2.74. The molecule has 4 aromatic rings. The van der Waals surface area contributed by atoms with E-state index in [0.29, 0.717) is 17.7 Å². The fourth-order valence-electron chi connectivity index (χ4n) is 4.40. The smallest absolute Gasteiger partial charge is 0.378 e. The van der Waals surface area contributed by atoms with Crippen LogP contribution in [0.2, 0.25) is 0 Å². The monoisotopic (exact) mass is 526 g/mol. The van der Waals surface area contributed by atoms with Crippen LogP contribution in [-0.4, -0.2) is 62.0 Å². The first-order valence-corrected chi connectivity index (χ1v) is 12.1. The van der Waals surface area contributed by atoms with Gasteiger partial charge in [0, 0.05) is 18.7 Å². The molecule has 0 unspecified atom stereocenters. The van der Waals surface area contributed by atoms with E-state index in [1.54, 1.807) is 30.3 Å². The molecule has 5 rings (SSSR count). The Hall–Kier alpha value is -4.03. The molecule has 1 fully saturated rings. The molecule has 1 amide bonds. The number of halogens is 3. The molecule has 0 bridgehead atoms. The van der Waals surface area contributed by atoms with Crippen molar-refractivity contribution in [1.29, 1.82) is 0 Å². The van der Waals surface area contributed by atoms with Crippen molar-refractivity contribution in [2.24, 2.45) is 0 Å². The van der Waals surface area contributed by atoms with E-state index in [9.17, 15) is 23.1 Å². The summed E-state index contributed by atoms with van der Waals surface area (Å²) >= 11 is 0. The van der Waals surface area contributed by atoms with Gasteiger partial charge in [0.1, 0.15) is 0 Å². The van der Waals surface area contributed by atoms with Gasteiger partial charge in [0.05, 0.1) is 17.4 Å². The van der Waals surface area contributed by atoms with Gasteiger partial charge in [0.15, 0.2) is 11.8 Å². The molecule has 198 valence electrons. The molecule has 3 heterocycles. The Morgan fingerprint density at radius 3 is 2.47 bits per heavy atom. The fraction of sp³-hybridized carbons (Fsp3) is 0.308. The van der Waals surface area contributed by atoms with Crippen LogP contribution in [0, 0.1) is 0 Å². The maximum absolute atomic E-state index is 14.0. The van der Waals surface area contributed by atoms with E-state index in [4.69, 9.17) is 4.52 Å². The molecular formula is C26H25F3N6O3. The number of aromatic nitrogens is 4. The maximum atomic E-state index is 14.0. The number of carbonyl (C=O) groups excluding carboxylic acids is 1. The van der Waals surface area contributed by atoms with E-state index in [1.807, 2.05) is 0 Å². The highest BCUT2D eigenvalue weighted by Crippen LogP contribution is 2.38.